The van der Waals surface area contributed by atoms with Gasteiger partial charge in [-0.2, -0.15) is 0 Å². The number of carbonyl (C=O) groups is 2. The molecule has 12 heavy (non-hydrogen) atoms. The van der Waals surface area contributed by atoms with Gasteiger partial charge in [-0.3, -0.25) is 4.79 Å². The Balaban J connectivity index is 2.58. The molecule has 0 unspecified atom stereocenters. The Kier molecular flexibility index (Phi) is 2.08. The lowest BCUT2D eigenvalue weighted by Gasteiger charge is -2.13. The van der Waals surface area contributed by atoms with E-state index in [1.165, 1.54) is 6.92 Å². The van der Waals surface area contributed by atoms with Crippen LogP contribution in [0.2, 0.25) is 0 Å². The van der Waals surface area contributed by atoms with Crippen molar-refractivity contribution in [1.82, 2.24) is 0 Å². The smallest absolute Gasteiger partial charge is 0.348 e. The van der Waals surface area contributed by atoms with E-state index in [0.29, 0.717) is 6.42 Å². The number of carbonyl (C=O) groups excluding carboxylic acids is 2. The van der Waals surface area contributed by atoms with Gasteiger partial charge in [-0.15, -0.1) is 0 Å². The predicted octanol–water partition coefficient (Wildman–Crippen LogP) is 0.644. The highest BCUT2D eigenvalue weighted by molar-refractivity contribution is 5.80. The average molecular weight is 172 g/mol. The molecular weight excluding hydrogens is 160 g/mol. The highest BCUT2D eigenvalue weighted by Gasteiger charge is 2.41. The van der Waals surface area contributed by atoms with Crippen molar-refractivity contribution in [2.45, 2.75) is 38.9 Å². The summed E-state index contributed by atoms with van der Waals surface area (Å²) in [6.45, 7) is 4.85. The number of cyclic esters (lactones) is 1. The van der Waals surface area contributed by atoms with Crippen molar-refractivity contribution in [2.75, 3.05) is 0 Å². The van der Waals surface area contributed by atoms with Crippen molar-refractivity contribution in [2.24, 2.45) is 0 Å². The van der Waals surface area contributed by atoms with Crippen LogP contribution in [-0.4, -0.2) is 23.6 Å². The summed E-state index contributed by atoms with van der Waals surface area (Å²) >= 11 is 0. The molecule has 1 saturated heterocycles. The van der Waals surface area contributed by atoms with Crippen LogP contribution in [0.3, 0.4) is 0 Å². The van der Waals surface area contributed by atoms with Crippen molar-refractivity contribution in [1.29, 1.82) is 0 Å². The van der Waals surface area contributed by atoms with E-state index < -0.39 is 23.6 Å². The highest BCUT2D eigenvalue weighted by atomic mass is 16.6. The minimum Gasteiger partial charge on any atom is -0.457 e. The van der Waals surface area contributed by atoms with E-state index in [0.717, 1.165) is 0 Å². The van der Waals surface area contributed by atoms with Crippen LogP contribution in [0.25, 0.3) is 0 Å². The number of esters is 2. The van der Waals surface area contributed by atoms with Crippen molar-refractivity contribution in [3.8, 4) is 0 Å². The summed E-state index contributed by atoms with van der Waals surface area (Å²) in [5.74, 6) is -0.898. The maximum atomic E-state index is 11.0. The van der Waals surface area contributed by atoms with Gasteiger partial charge in [0.25, 0.3) is 0 Å². The summed E-state index contributed by atoms with van der Waals surface area (Å²) in [6.07, 6.45) is -0.275. The van der Waals surface area contributed by atoms with Crippen LogP contribution in [0.4, 0.5) is 0 Å². The molecule has 0 radical (unpaired) electrons. The normalized spacial score (nSPS) is 26.6. The molecule has 0 aliphatic carbocycles. The van der Waals surface area contributed by atoms with Crippen molar-refractivity contribution in [3.05, 3.63) is 0 Å². The fraction of sp³-hybridized carbons (Fsp3) is 0.750. The van der Waals surface area contributed by atoms with Gasteiger partial charge in [-0.25, -0.2) is 4.79 Å². The van der Waals surface area contributed by atoms with Gasteiger partial charge in [-0.05, 0) is 13.8 Å². The second-order valence-corrected chi connectivity index (χ2v) is 3.48. The maximum Gasteiger partial charge on any atom is 0.348 e. The summed E-state index contributed by atoms with van der Waals surface area (Å²) in [4.78, 5) is 21.6. The van der Waals surface area contributed by atoms with Crippen LogP contribution in [0, 0.1) is 0 Å². The lowest BCUT2D eigenvalue weighted by molar-refractivity contribution is -0.161. The Bertz CT molecular complexity index is 219. The first kappa shape index (κ1) is 9.03. The van der Waals surface area contributed by atoms with E-state index in [-0.39, 0.29) is 0 Å². The zero-order valence-corrected chi connectivity index (χ0v) is 7.42. The van der Waals surface area contributed by atoms with Gasteiger partial charge in [0.15, 0.2) is 0 Å². The first-order valence-electron chi connectivity index (χ1n) is 3.81. The average Bonchev–Trinajstić information content (AvgIpc) is 2.03. The third-order valence-corrected chi connectivity index (χ3v) is 1.62. The number of hydrogen-bond donors (Lipinski definition) is 0. The van der Waals surface area contributed by atoms with E-state index >= 15 is 0 Å². The van der Waals surface area contributed by atoms with Crippen LogP contribution in [0.1, 0.15) is 27.2 Å². The molecule has 68 valence electrons. The molecule has 0 spiro atoms. The molecule has 4 heteroatoms. The third-order valence-electron chi connectivity index (χ3n) is 1.62. The van der Waals surface area contributed by atoms with Gasteiger partial charge in [0, 0.05) is 13.3 Å². The van der Waals surface area contributed by atoms with Crippen LogP contribution in [0.5, 0.6) is 0 Å². The van der Waals surface area contributed by atoms with Crippen molar-refractivity contribution in [3.63, 3.8) is 0 Å². The quantitative estimate of drug-likeness (QED) is 0.545. The van der Waals surface area contributed by atoms with E-state index in [2.05, 4.69) is 0 Å². The maximum absolute atomic E-state index is 11.0. The summed E-state index contributed by atoms with van der Waals surface area (Å²) in [5, 5.41) is 0. The number of hydrogen-bond acceptors (Lipinski definition) is 4. The SMILES string of the molecule is CC(=O)O[C@H]1CC(C)(C)OC1=O. The molecule has 0 amide bonds. The summed E-state index contributed by atoms with van der Waals surface area (Å²) < 4.78 is 9.69. The molecule has 0 aromatic rings. The van der Waals surface area contributed by atoms with E-state index in [1.807, 2.05) is 0 Å². The molecule has 0 aromatic heterocycles. The van der Waals surface area contributed by atoms with Crippen molar-refractivity contribution >= 4 is 11.9 Å². The Labute approximate surface area is 70.8 Å². The molecule has 1 aliphatic heterocycles. The van der Waals surface area contributed by atoms with Crippen molar-refractivity contribution < 1.29 is 19.1 Å². The molecular formula is C8H12O4. The monoisotopic (exact) mass is 172 g/mol. The largest absolute Gasteiger partial charge is 0.457 e. The predicted molar refractivity (Wildman–Crippen MR) is 40.3 cm³/mol. The van der Waals surface area contributed by atoms with Crippen LogP contribution in [-0.2, 0) is 19.1 Å². The van der Waals surface area contributed by atoms with E-state index in [9.17, 15) is 9.59 Å². The number of rotatable bonds is 1. The fourth-order valence-corrected chi connectivity index (χ4v) is 1.20. The molecule has 1 fully saturated rings. The molecule has 0 saturated carbocycles. The highest BCUT2D eigenvalue weighted by Crippen LogP contribution is 2.27. The Morgan fingerprint density at radius 2 is 2.25 bits per heavy atom. The van der Waals surface area contributed by atoms with Crippen LogP contribution in [0.15, 0.2) is 0 Å². The second kappa shape index (κ2) is 2.77. The molecule has 0 bridgehead atoms. The van der Waals surface area contributed by atoms with Gasteiger partial charge in [0.05, 0.1) is 0 Å². The van der Waals surface area contributed by atoms with E-state index in [4.69, 9.17) is 9.47 Å². The molecule has 4 nitrogen and oxygen atoms in total. The first-order chi connectivity index (χ1) is 5.41. The van der Waals surface area contributed by atoms with E-state index in [1.54, 1.807) is 13.8 Å². The summed E-state index contributed by atoms with van der Waals surface area (Å²) in [7, 11) is 0. The Morgan fingerprint density at radius 3 is 2.58 bits per heavy atom. The van der Waals surface area contributed by atoms with Gasteiger partial charge < -0.3 is 9.47 Å². The van der Waals surface area contributed by atoms with Gasteiger partial charge >= 0.3 is 11.9 Å². The lowest BCUT2D eigenvalue weighted by atomic mass is 10.0. The summed E-state index contributed by atoms with van der Waals surface area (Å²) in [6, 6.07) is 0. The van der Waals surface area contributed by atoms with Gasteiger partial charge in [0.1, 0.15) is 5.60 Å². The standard InChI is InChI=1S/C8H12O4/c1-5(9)11-6-4-8(2,3)12-7(6)10/h6H,4H2,1-3H3/t6-/m0/s1. The molecule has 0 aromatic carbocycles. The fourth-order valence-electron chi connectivity index (χ4n) is 1.20. The van der Waals surface area contributed by atoms with Gasteiger partial charge in [-0.1, -0.05) is 0 Å². The first-order valence-corrected chi connectivity index (χ1v) is 3.81. The molecule has 1 aliphatic rings. The molecule has 1 rings (SSSR count). The topological polar surface area (TPSA) is 52.6 Å². The molecule has 0 N–H and O–H groups in total. The third kappa shape index (κ3) is 1.96. The second-order valence-electron chi connectivity index (χ2n) is 3.48. The lowest BCUT2D eigenvalue weighted by Crippen LogP contribution is -2.21. The zero-order valence-electron chi connectivity index (χ0n) is 7.42. The van der Waals surface area contributed by atoms with Gasteiger partial charge in [0.2, 0.25) is 6.10 Å². The Hall–Kier alpha value is -1.06. The van der Waals surface area contributed by atoms with Crippen LogP contribution < -0.4 is 0 Å². The number of ether oxygens (including phenoxy) is 2. The Morgan fingerprint density at radius 1 is 1.67 bits per heavy atom. The minimum absolute atomic E-state index is 0.436. The zero-order chi connectivity index (χ0) is 9.35. The minimum atomic E-state index is -0.711. The molecule has 1 atom stereocenters. The van der Waals surface area contributed by atoms with Crippen LogP contribution >= 0.6 is 0 Å². The summed E-state index contributed by atoms with van der Waals surface area (Å²) in [5.41, 5.74) is -0.503. The molecule has 1 heterocycles.